The first-order chi connectivity index (χ1) is 25.3. The Hall–Kier alpha value is -6.30. The normalized spacial score (nSPS) is 12.3. The highest BCUT2D eigenvalue weighted by Crippen LogP contribution is 2.48. The minimum Gasteiger partial charge on any atom is -0.310 e. The van der Waals surface area contributed by atoms with Crippen LogP contribution in [0.1, 0.15) is 34.7 Å². The van der Waals surface area contributed by atoms with Gasteiger partial charge in [0.15, 0.2) is 0 Å². The van der Waals surface area contributed by atoms with Crippen molar-refractivity contribution < 1.29 is 0 Å². The molecule has 0 aliphatic heterocycles. The molecule has 252 valence electrons. The van der Waals surface area contributed by atoms with Gasteiger partial charge in [0.05, 0.1) is 17.1 Å². The van der Waals surface area contributed by atoms with E-state index in [0.29, 0.717) is 0 Å². The zero-order valence-electron chi connectivity index (χ0n) is 30.8. The summed E-state index contributed by atoms with van der Waals surface area (Å²) in [7, 11) is 0. The van der Waals surface area contributed by atoms with Gasteiger partial charge in [-0.2, -0.15) is 0 Å². The molecule has 1 aliphatic carbocycles. The Labute approximate surface area is 307 Å². The Morgan fingerprint density at radius 3 is 1.17 bits per heavy atom. The minimum atomic E-state index is 0.966. The van der Waals surface area contributed by atoms with Crippen molar-refractivity contribution in [3.63, 3.8) is 0 Å². The molecule has 0 spiro atoms. The number of hydrogen-bond donors (Lipinski definition) is 0. The molecule has 0 saturated carbocycles. The fraction of sp³-hybridized carbons (Fsp3) is 0.120. The second-order valence-electron chi connectivity index (χ2n) is 14.1. The van der Waals surface area contributed by atoms with Crippen molar-refractivity contribution in [3.05, 3.63) is 196 Å². The van der Waals surface area contributed by atoms with Crippen LogP contribution in [-0.4, -0.2) is 0 Å². The molecule has 0 bridgehead atoms. The lowest BCUT2D eigenvalue weighted by Gasteiger charge is -2.30. The molecule has 2 heteroatoms. The predicted molar refractivity (Wildman–Crippen MR) is 223 cm³/mol. The molecular weight excluding hydrogens is 629 g/mol. The fourth-order valence-corrected chi connectivity index (χ4v) is 7.50. The molecule has 1 aliphatic rings. The second kappa shape index (κ2) is 13.4. The van der Waals surface area contributed by atoms with Crippen LogP contribution in [0.25, 0.3) is 32.7 Å². The monoisotopic (exact) mass is 670 g/mol. The number of nitrogens with zero attached hydrogens (tertiary/aromatic N) is 2. The average Bonchev–Trinajstić information content (AvgIpc) is 3.16. The maximum Gasteiger partial charge on any atom is 0.0974 e. The number of hydrogen-bond acceptors (Lipinski definition) is 2. The van der Waals surface area contributed by atoms with Gasteiger partial charge < -0.3 is 9.80 Å². The largest absolute Gasteiger partial charge is 0.310 e. The van der Waals surface area contributed by atoms with E-state index in [-0.39, 0.29) is 0 Å². The molecule has 7 aromatic rings. The lowest BCUT2D eigenvalue weighted by Crippen LogP contribution is -2.17. The average molecular weight is 671 g/mol. The molecule has 0 amide bonds. The van der Waals surface area contributed by atoms with Crippen LogP contribution in [0.5, 0.6) is 0 Å². The summed E-state index contributed by atoms with van der Waals surface area (Å²) in [6, 6.07) is 49.0. The molecule has 52 heavy (non-hydrogen) atoms. The van der Waals surface area contributed by atoms with E-state index in [2.05, 4.69) is 208 Å². The number of fused-ring (bicyclic) bond motifs is 2. The smallest absolute Gasteiger partial charge is 0.0974 e. The van der Waals surface area contributed by atoms with Crippen molar-refractivity contribution >= 4 is 50.0 Å². The highest BCUT2D eigenvalue weighted by Gasteiger charge is 2.24. The Balaban J connectivity index is 1.38. The van der Waals surface area contributed by atoms with E-state index < -0.39 is 0 Å². The number of anilines is 5. The van der Waals surface area contributed by atoms with Gasteiger partial charge in [0, 0.05) is 27.8 Å². The van der Waals surface area contributed by atoms with Crippen molar-refractivity contribution in [1.82, 2.24) is 0 Å². The first-order valence-electron chi connectivity index (χ1n) is 18.0. The lowest BCUT2D eigenvalue weighted by atomic mass is 9.88. The lowest BCUT2D eigenvalue weighted by molar-refractivity contribution is 1.19. The minimum absolute atomic E-state index is 0.966. The summed E-state index contributed by atoms with van der Waals surface area (Å²) in [5.41, 5.74) is 23.1. The number of allylic oxidation sites excluding steroid dienone is 3. The number of aryl methyl sites for hydroxylation is 5. The third kappa shape index (κ3) is 5.95. The van der Waals surface area contributed by atoms with Gasteiger partial charge in [-0.1, -0.05) is 107 Å². The summed E-state index contributed by atoms with van der Waals surface area (Å²) in [6.45, 7) is 13.0. The molecule has 0 aromatic heterocycles. The third-order valence-corrected chi connectivity index (χ3v) is 10.1. The van der Waals surface area contributed by atoms with E-state index >= 15 is 0 Å². The Kier molecular flexibility index (Phi) is 8.50. The molecule has 2 nitrogen and oxygen atoms in total. The second-order valence-corrected chi connectivity index (χ2v) is 14.1. The standard InChI is InChI=1S/C50H42N2/c1-33-15-23-39(24-16-33)51(40-25-17-34(2)18-26-40)49-37(5)31-47(43-11-7-9-13-45(43)49)48-32-38(6)50(46-14-10-8-12-44(46)48)52(41-27-19-35(3)20-28-41)42-29-21-36(4)22-30-42/h7-21,23-29,31-32H,1-6H3. The van der Waals surface area contributed by atoms with Gasteiger partial charge >= 0.3 is 0 Å². The maximum absolute atomic E-state index is 3.46. The van der Waals surface area contributed by atoms with Crippen LogP contribution in [-0.2, 0) is 0 Å². The van der Waals surface area contributed by atoms with Gasteiger partial charge in [0.25, 0.3) is 0 Å². The highest BCUT2D eigenvalue weighted by molar-refractivity contribution is 6.14. The van der Waals surface area contributed by atoms with Crippen molar-refractivity contribution in [1.29, 1.82) is 0 Å². The first-order valence-corrected chi connectivity index (χ1v) is 18.0. The molecule has 0 saturated heterocycles. The quantitative estimate of drug-likeness (QED) is 0.156. The molecule has 0 fully saturated rings. The number of rotatable bonds is 7. The van der Waals surface area contributed by atoms with Crippen molar-refractivity contribution in [2.45, 2.75) is 41.5 Å². The predicted octanol–water partition coefficient (Wildman–Crippen LogP) is 14.0. The van der Waals surface area contributed by atoms with E-state index in [0.717, 1.165) is 34.0 Å². The fourth-order valence-electron chi connectivity index (χ4n) is 7.50. The molecule has 7 aromatic carbocycles. The van der Waals surface area contributed by atoms with Gasteiger partial charge in [0.1, 0.15) is 0 Å². The topological polar surface area (TPSA) is 6.48 Å². The van der Waals surface area contributed by atoms with Gasteiger partial charge in [0.2, 0.25) is 0 Å². The van der Waals surface area contributed by atoms with Crippen molar-refractivity contribution in [2.75, 3.05) is 9.80 Å². The van der Waals surface area contributed by atoms with Crippen LogP contribution in [0.15, 0.2) is 168 Å². The van der Waals surface area contributed by atoms with Crippen LogP contribution in [0.4, 0.5) is 28.4 Å². The van der Waals surface area contributed by atoms with E-state index in [9.17, 15) is 0 Å². The zero-order chi connectivity index (χ0) is 35.9. The van der Waals surface area contributed by atoms with Crippen LogP contribution < -0.4 is 9.80 Å². The van der Waals surface area contributed by atoms with Gasteiger partial charge in [-0.3, -0.25) is 0 Å². The van der Waals surface area contributed by atoms with Crippen LogP contribution in [0.2, 0.25) is 0 Å². The summed E-state index contributed by atoms with van der Waals surface area (Å²) in [6.07, 6.45) is 4.27. The van der Waals surface area contributed by atoms with Crippen LogP contribution in [0, 0.1) is 34.6 Å². The van der Waals surface area contributed by atoms with Gasteiger partial charge in [-0.25, -0.2) is 0 Å². The molecule has 8 rings (SSSR count). The van der Waals surface area contributed by atoms with Crippen LogP contribution >= 0.6 is 0 Å². The summed E-state index contributed by atoms with van der Waals surface area (Å²) < 4.78 is 0. The van der Waals surface area contributed by atoms with E-state index in [1.807, 2.05) is 0 Å². The van der Waals surface area contributed by atoms with Crippen LogP contribution in [0.3, 0.4) is 0 Å². The summed E-state index contributed by atoms with van der Waals surface area (Å²) in [4.78, 5) is 4.76. The van der Waals surface area contributed by atoms with Gasteiger partial charge in [-0.05, 0) is 147 Å². The Bertz CT molecular complexity index is 2580. The molecule has 0 atom stereocenters. The van der Waals surface area contributed by atoms with E-state index in [1.54, 1.807) is 0 Å². The number of benzene rings is 7. The summed E-state index contributed by atoms with van der Waals surface area (Å²) in [5, 5.41) is 4.85. The first kappa shape index (κ1) is 32.9. The molecule has 0 unspecified atom stereocenters. The third-order valence-electron chi connectivity index (χ3n) is 10.1. The van der Waals surface area contributed by atoms with E-state index in [4.69, 9.17) is 0 Å². The summed E-state index contributed by atoms with van der Waals surface area (Å²) in [5.74, 6) is 0. The highest BCUT2D eigenvalue weighted by atomic mass is 15.2. The Morgan fingerprint density at radius 2 is 0.769 bits per heavy atom. The molecule has 0 radical (unpaired) electrons. The molecule has 0 N–H and O–H groups in total. The van der Waals surface area contributed by atoms with Crippen molar-refractivity contribution in [3.8, 4) is 11.1 Å². The summed E-state index contributed by atoms with van der Waals surface area (Å²) >= 11 is 0. The Morgan fingerprint density at radius 1 is 0.385 bits per heavy atom. The van der Waals surface area contributed by atoms with Gasteiger partial charge in [-0.15, -0.1) is 0 Å². The van der Waals surface area contributed by atoms with Crippen molar-refractivity contribution in [2.24, 2.45) is 0 Å². The molecular formula is C50H42N2. The van der Waals surface area contributed by atoms with E-state index in [1.165, 1.54) is 66.2 Å². The maximum atomic E-state index is 3.46. The zero-order valence-corrected chi connectivity index (χ0v) is 30.8. The molecule has 0 heterocycles. The SMILES string of the molecule is CC1=C=C=C(N(c2ccc(C)cc2)c2c(C)cc(-c3cc(C)c(N(c4ccc(C)cc4)c4ccc(C)cc4)c4ccccc34)c3ccccc23)C=C1.